The Morgan fingerprint density at radius 2 is 1.55 bits per heavy atom. The van der Waals surface area contributed by atoms with Gasteiger partial charge in [-0.2, -0.15) is 13.2 Å². The lowest BCUT2D eigenvalue weighted by Crippen LogP contribution is -2.08. The van der Waals surface area contributed by atoms with E-state index in [0.29, 0.717) is 10.6 Å². The van der Waals surface area contributed by atoms with Gasteiger partial charge in [0.15, 0.2) is 0 Å². The van der Waals surface area contributed by atoms with E-state index in [-0.39, 0.29) is 18.6 Å². The standard InChI is InChI=1S/C17H14ClF3O/c1-11-8-13(4-7-16(11)18)10-15(22)9-12-2-5-14(6-3-12)17(19,20)21/h2-8H,9-10H2,1H3. The molecule has 0 radical (unpaired) electrons. The minimum absolute atomic E-state index is 0.0542. The van der Waals surface area contributed by atoms with E-state index in [2.05, 4.69) is 0 Å². The average molecular weight is 327 g/mol. The molecule has 0 aromatic heterocycles. The molecule has 0 unspecified atom stereocenters. The molecular formula is C17H14ClF3O. The fourth-order valence-corrected chi connectivity index (χ4v) is 2.26. The molecule has 5 heteroatoms. The summed E-state index contributed by atoms with van der Waals surface area (Å²) in [5.41, 5.74) is 1.60. The van der Waals surface area contributed by atoms with E-state index >= 15 is 0 Å². The fourth-order valence-electron chi connectivity index (χ4n) is 2.15. The Balaban J connectivity index is 2.01. The summed E-state index contributed by atoms with van der Waals surface area (Å²) in [4.78, 5) is 12.0. The highest BCUT2D eigenvalue weighted by Gasteiger charge is 2.29. The van der Waals surface area contributed by atoms with E-state index in [4.69, 9.17) is 11.6 Å². The number of hydrogen-bond acceptors (Lipinski definition) is 1. The summed E-state index contributed by atoms with van der Waals surface area (Å²) in [7, 11) is 0. The SMILES string of the molecule is Cc1cc(CC(=O)Cc2ccc(C(F)(F)F)cc2)ccc1Cl. The zero-order chi connectivity index (χ0) is 16.3. The van der Waals surface area contributed by atoms with Gasteiger partial charge in [-0.1, -0.05) is 35.9 Å². The molecule has 0 saturated heterocycles. The zero-order valence-electron chi connectivity index (χ0n) is 11.9. The molecule has 0 aliphatic rings. The number of aryl methyl sites for hydroxylation is 1. The maximum absolute atomic E-state index is 12.5. The lowest BCUT2D eigenvalue weighted by molar-refractivity contribution is -0.137. The number of rotatable bonds is 4. The van der Waals surface area contributed by atoms with Crippen LogP contribution in [0.5, 0.6) is 0 Å². The summed E-state index contributed by atoms with van der Waals surface area (Å²) in [5, 5.41) is 0.638. The second-order valence-corrected chi connectivity index (χ2v) is 5.58. The van der Waals surface area contributed by atoms with Crippen molar-refractivity contribution in [2.45, 2.75) is 25.9 Å². The van der Waals surface area contributed by atoms with Gasteiger partial charge in [0.05, 0.1) is 5.56 Å². The first kappa shape index (κ1) is 16.6. The van der Waals surface area contributed by atoms with Crippen LogP contribution in [-0.4, -0.2) is 5.78 Å². The Bertz CT molecular complexity index is 675. The number of benzene rings is 2. The Morgan fingerprint density at radius 1 is 1.00 bits per heavy atom. The van der Waals surface area contributed by atoms with E-state index in [9.17, 15) is 18.0 Å². The summed E-state index contributed by atoms with van der Waals surface area (Å²) in [6.07, 6.45) is -4.01. The average Bonchev–Trinajstić information content (AvgIpc) is 2.42. The molecule has 2 aromatic rings. The minimum atomic E-state index is -4.36. The smallest absolute Gasteiger partial charge is 0.299 e. The van der Waals surface area contributed by atoms with Crippen molar-refractivity contribution in [1.29, 1.82) is 0 Å². The molecule has 0 N–H and O–H groups in total. The molecule has 0 fully saturated rings. The second-order valence-electron chi connectivity index (χ2n) is 5.17. The van der Waals surface area contributed by atoms with Crippen molar-refractivity contribution in [1.82, 2.24) is 0 Å². The van der Waals surface area contributed by atoms with Gasteiger partial charge in [0, 0.05) is 17.9 Å². The first-order valence-corrected chi connectivity index (χ1v) is 7.06. The van der Waals surface area contributed by atoms with Gasteiger partial charge in [0.25, 0.3) is 0 Å². The summed E-state index contributed by atoms with van der Waals surface area (Å²) in [6.45, 7) is 1.85. The summed E-state index contributed by atoms with van der Waals surface area (Å²) in [6, 6.07) is 10.0. The highest BCUT2D eigenvalue weighted by molar-refractivity contribution is 6.31. The third kappa shape index (κ3) is 4.34. The lowest BCUT2D eigenvalue weighted by atomic mass is 10.0. The topological polar surface area (TPSA) is 17.1 Å². The number of carbonyl (C=O) groups is 1. The van der Waals surface area contributed by atoms with Crippen LogP contribution in [0.3, 0.4) is 0 Å². The number of hydrogen-bond donors (Lipinski definition) is 0. The van der Waals surface area contributed by atoms with Crippen molar-refractivity contribution in [2.24, 2.45) is 0 Å². The predicted molar refractivity (Wildman–Crippen MR) is 80.0 cm³/mol. The third-order valence-corrected chi connectivity index (χ3v) is 3.73. The Hall–Kier alpha value is -1.81. The highest BCUT2D eigenvalue weighted by Crippen LogP contribution is 2.29. The predicted octanol–water partition coefficient (Wildman–Crippen LogP) is 5.02. The number of alkyl halides is 3. The van der Waals surface area contributed by atoms with Crippen LogP contribution in [0.15, 0.2) is 42.5 Å². The molecule has 0 spiro atoms. The first-order valence-electron chi connectivity index (χ1n) is 6.68. The highest BCUT2D eigenvalue weighted by atomic mass is 35.5. The van der Waals surface area contributed by atoms with Crippen LogP contribution >= 0.6 is 11.6 Å². The summed E-state index contributed by atoms with van der Waals surface area (Å²) in [5.74, 6) is -0.0542. The van der Waals surface area contributed by atoms with Crippen LogP contribution in [0.2, 0.25) is 5.02 Å². The lowest BCUT2D eigenvalue weighted by Gasteiger charge is -2.08. The van der Waals surface area contributed by atoms with E-state index < -0.39 is 11.7 Å². The maximum Gasteiger partial charge on any atom is 0.416 e. The van der Waals surface area contributed by atoms with E-state index in [0.717, 1.165) is 23.3 Å². The molecule has 0 saturated carbocycles. The molecule has 116 valence electrons. The Kier molecular flexibility index (Phi) is 4.91. The molecule has 0 aliphatic carbocycles. The molecule has 0 aliphatic heterocycles. The van der Waals surface area contributed by atoms with Gasteiger partial charge in [-0.15, -0.1) is 0 Å². The monoisotopic (exact) mass is 326 g/mol. The largest absolute Gasteiger partial charge is 0.416 e. The molecule has 0 bridgehead atoms. The molecule has 0 heterocycles. The van der Waals surface area contributed by atoms with Crippen LogP contribution in [0.4, 0.5) is 13.2 Å². The minimum Gasteiger partial charge on any atom is -0.299 e. The number of ketones is 1. The fraction of sp³-hybridized carbons (Fsp3) is 0.235. The van der Waals surface area contributed by atoms with Crippen LogP contribution < -0.4 is 0 Å². The van der Waals surface area contributed by atoms with Crippen LogP contribution in [-0.2, 0) is 23.8 Å². The van der Waals surface area contributed by atoms with Crippen LogP contribution in [0, 0.1) is 6.92 Å². The molecule has 0 amide bonds. The summed E-state index contributed by atoms with van der Waals surface area (Å²) < 4.78 is 37.4. The van der Waals surface area contributed by atoms with Gasteiger partial charge in [-0.3, -0.25) is 4.79 Å². The third-order valence-electron chi connectivity index (χ3n) is 3.31. The normalized spacial score (nSPS) is 11.5. The van der Waals surface area contributed by atoms with E-state index in [1.165, 1.54) is 12.1 Å². The first-order chi connectivity index (χ1) is 10.3. The molecule has 1 nitrogen and oxygen atoms in total. The van der Waals surface area contributed by atoms with Gasteiger partial charge >= 0.3 is 6.18 Å². The van der Waals surface area contributed by atoms with Gasteiger partial charge in [-0.05, 0) is 41.8 Å². The molecule has 2 rings (SSSR count). The van der Waals surface area contributed by atoms with Crippen LogP contribution in [0.25, 0.3) is 0 Å². The van der Waals surface area contributed by atoms with Gasteiger partial charge < -0.3 is 0 Å². The van der Waals surface area contributed by atoms with Gasteiger partial charge in [-0.25, -0.2) is 0 Å². The maximum atomic E-state index is 12.5. The van der Waals surface area contributed by atoms with Crippen molar-refractivity contribution in [3.05, 3.63) is 69.7 Å². The van der Waals surface area contributed by atoms with Crippen molar-refractivity contribution >= 4 is 17.4 Å². The number of carbonyl (C=O) groups excluding carboxylic acids is 1. The van der Waals surface area contributed by atoms with Gasteiger partial charge in [0.2, 0.25) is 0 Å². The van der Waals surface area contributed by atoms with Crippen molar-refractivity contribution in [3.8, 4) is 0 Å². The van der Waals surface area contributed by atoms with Crippen LogP contribution in [0.1, 0.15) is 22.3 Å². The quantitative estimate of drug-likeness (QED) is 0.771. The zero-order valence-corrected chi connectivity index (χ0v) is 12.6. The molecule has 22 heavy (non-hydrogen) atoms. The van der Waals surface area contributed by atoms with E-state index in [1.54, 1.807) is 12.1 Å². The van der Waals surface area contributed by atoms with Crippen molar-refractivity contribution in [3.63, 3.8) is 0 Å². The number of halogens is 4. The molecule has 2 aromatic carbocycles. The Morgan fingerprint density at radius 3 is 2.09 bits per heavy atom. The summed E-state index contributed by atoms with van der Waals surface area (Å²) >= 11 is 5.92. The molecular weight excluding hydrogens is 313 g/mol. The Labute approximate surface area is 131 Å². The molecule has 0 atom stereocenters. The second kappa shape index (κ2) is 6.53. The number of Topliss-reactive ketones (excluding diaryl/α,β-unsaturated/α-hetero) is 1. The van der Waals surface area contributed by atoms with Crippen molar-refractivity contribution in [2.75, 3.05) is 0 Å². The van der Waals surface area contributed by atoms with E-state index in [1.807, 2.05) is 13.0 Å². The van der Waals surface area contributed by atoms with Crippen molar-refractivity contribution < 1.29 is 18.0 Å². The van der Waals surface area contributed by atoms with Gasteiger partial charge in [0.1, 0.15) is 5.78 Å².